The van der Waals surface area contributed by atoms with Crippen LogP contribution in [0.1, 0.15) is 29.3 Å². The number of H-pyrrole nitrogens is 1. The molecule has 98 valence electrons. The molecule has 3 N–H and O–H groups in total. The van der Waals surface area contributed by atoms with Gasteiger partial charge in [0, 0.05) is 10.1 Å². The molecule has 0 saturated heterocycles. The number of nitrogens with two attached hydrogens (primary N) is 1. The van der Waals surface area contributed by atoms with Crippen molar-refractivity contribution in [2.75, 3.05) is 5.73 Å². The molecule has 1 aliphatic carbocycles. The number of thioether (sulfide) groups is 1. The van der Waals surface area contributed by atoms with E-state index in [9.17, 15) is 4.79 Å². The summed E-state index contributed by atoms with van der Waals surface area (Å²) in [6.07, 6.45) is 2.89. The Labute approximate surface area is 115 Å². The first-order valence-corrected chi connectivity index (χ1v) is 7.22. The maximum absolute atomic E-state index is 12.1. The van der Waals surface area contributed by atoms with Gasteiger partial charge < -0.3 is 5.73 Å². The molecule has 0 amide bonds. The number of anilines is 1. The van der Waals surface area contributed by atoms with Gasteiger partial charge in [-0.15, -0.1) is 11.8 Å². The summed E-state index contributed by atoms with van der Waals surface area (Å²) < 4.78 is 0. The van der Waals surface area contributed by atoms with Gasteiger partial charge >= 0.3 is 0 Å². The minimum atomic E-state index is -0.0874. The lowest BCUT2D eigenvalue weighted by Gasteiger charge is -2.23. The van der Waals surface area contributed by atoms with Crippen molar-refractivity contribution in [1.29, 1.82) is 0 Å². The van der Waals surface area contributed by atoms with Crippen molar-refractivity contribution < 1.29 is 0 Å². The molecule has 1 aromatic heterocycles. The van der Waals surface area contributed by atoms with E-state index >= 15 is 0 Å². The van der Waals surface area contributed by atoms with E-state index in [1.54, 1.807) is 11.8 Å². The Bertz CT molecular complexity index is 639. The van der Waals surface area contributed by atoms with Crippen LogP contribution >= 0.6 is 11.8 Å². The number of aromatic amines is 1. The molecule has 0 radical (unpaired) electrons. The van der Waals surface area contributed by atoms with Crippen LogP contribution in [0.2, 0.25) is 0 Å². The molecule has 4 nitrogen and oxygen atoms in total. The zero-order valence-electron chi connectivity index (χ0n) is 10.4. The third kappa shape index (κ3) is 2.51. The maximum atomic E-state index is 12.1. The highest BCUT2D eigenvalue weighted by Gasteiger charge is 2.25. The molecule has 1 atom stereocenters. The van der Waals surface area contributed by atoms with Gasteiger partial charge in [0.15, 0.2) is 0 Å². The van der Waals surface area contributed by atoms with E-state index in [4.69, 9.17) is 5.73 Å². The average Bonchev–Trinajstić information content (AvgIpc) is 2.39. The van der Waals surface area contributed by atoms with E-state index in [1.165, 1.54) is 4.90 Å². The van der Waals surface area contributed by atoms with Crippen LogP contribution in [0, 0.1) is 0 Å². The van der Waals surface area contributed by atoms with Crippen molar-refractivity contribution in [2.45, 2.75) is 29.4 Å². The fourth-order valence-electron chi connectivity index (χ4n) is 2.45. The molecule has 1 aliphatic rings. The van der Waals surface area contributed by atoms with E-state index in [1.807, 2.05) is 18.2 Å². The van der Waals surface area contributed by atoms with Crippen molar-refractivity contribution in [2.24, 2.45) is 0 Å². The highest BCUT2D eigenvalue weighted by atomic mass is 32.2. The van der Waals surface area contributed by atoms with Crippen LogP contribution < -0.4 is 11.3 Å². The highest BCUT2D eigenvalue weighted by Crippen LogP contribution is 2.41. The molecule has 0 fully saturated rings. The van der Waals surface area contributed by atoms with Crippen molar-refractivity contribution in [1.82, 2.24) is 9.97 Å². The largest absolute Gasteiger partial charge is 0.369 e. The molecule has 19 heavy (non-hydrogen) atoms. The van der Waals surface area contributed by atoms with Gasteiger partial charge in [0.1, 0.15) is 0 Å². The lowest BCUT2D eigenvalue weighted by atomic mass is 9.97. The third-order valence-corrected chi connectivity index (χ3v) is 4.58. The molecule has 0 saturated carbocycles. The van der Waals surface area contributed by atoms with Gasteiger partial charge in [0.05, 0.1) is 11.3 Å². The summed E-state index contributed by atoms with van der Waals surface area (Å²) in [5, 5.41) is 0.169. The second-order valence-corrected chi connectivity index (χ2v) is 5.90. The molecule has 2 aromatic rings. The minimum Gasteiger partial charge on any atom is -0.369 e. The van der Waals surface area contributed by atoms with E-state index in [0.717, 1.165) is 30.5 Å². The van der Waals surface area contributed by atoms with Crippen LogP contribution in [0.5, 0.6) is 0 Å². The molecule has 1 heterocycles. The summed E-state index contributed by atoms with van der Waals surface area (Å²) in [7, 11) is 0. The van der Waals surface area contributed by atoms with Crippen molar-refractivity contribution >= 4 is 17.7 Å². The number of nitrogens with zero attached hydrogens (tertiary/aromatic N) is 1. The van der Waals surface area contributed by atoms with E-state index in [0.29, 0.717) is 0 Å². The fourth-order valence-corrected chi connectivity index (χ4v) is 3.74. The summed E-state index contributed by atoms with van der Waals surface area (Å²) in [4.78, 5) is 20.2. The molecular weight excluding hydrogens is 258 g/mol. The first-order chi connectivity index (χ1) is 9.24. The van der Waals surface area contributed by atoms with Crippen molar-refractivity contribution in [3.05, 3.63) is 51.9 Å². The quantitative estimate of drug-likeness (QED) is 0.882. The number of hydrogen-bond donors (Lipinski definition) is 2. The number of nitrogens with one attached hydrogen (secondary N) is 1. The summed E-state index contributed by atoms with van der Waals surface area (Å²) in [5.41, 5.74) is 7.18. The average molecular weight is 273 g/mol. The topological polar surface area (TPSA) is 71.8 Å². The first-order valence-electron chi connectivity index (χ1n) is 6.34. The number of benzene rings is 1. The molecule has 0 aliphatic heterocycles. The van der Waals surface area contributed by atoms with E-state index in [2.05, 4.69) is 22.1 Å². The van der Waals surface area contributed by atoms with E-state index < -0.39 is 0 Å². The normalized spacial score (nSPS) is 18.0. The van der Waals surface area contributed by atoms with Gasteiger partial charge in [-0.1, -0.05) is 18.2 Å². The van der Waals surface area contributed by atoms with Crippen LogP contribution in [-0.4, -0.2) is 9.97 Å². The van der Waals surface area contributed by atoms with Crippen LogP contribution in [0.4, 0.5) is 5.95 Å². The lowest BCUT2D eigenvalue weighted by molar-refractivity contribution is 0.647. The number of aryl methyl sites for hydroxylation is 1. The van der Waals surface area contributed by atoms with Gasteiger partial charge in [-0.2, -0.15) is 0 Å². The molecule has 1 unspecified atom stereocenters. The van der Waals surface area contributed by atoms with Crippen molar-refractivity contribution in [3.8, 4) is 0 Å². The smallest absolute Gasteiger partial charge is 0.256 e. The molecule has 5 heteroatoms. The van der Waals surface area contributed by atoms with Gasteiger partial charge in [0.25, 0.3) is 5.56 Å². The Morgan fingerprint density at radius 1 is 1.32 bits per heavy atom. The zero-order chi connectivity index (χ0) is 13.2. The van der Waals surface area contributed by atoms with Gasteiger partial charge in [-0.25, -0.2) is 4.98 Å². The maximum Gasteiger partial charge on any atom is 0.256 e. The number of rotatable bonds is 2. The van der Waals surface area contributed by atoms with Crippen LogP contribution in [-0.2, 0) is 6.42 Å². The highest BCUT2D eigenvalue weighted by molar-refractivity contribution is 7.99. The second kappa shape index (κ2) is 5.09. The predicted molar refractivity (Wildman–Crippen MR) is 77.2 cm³/mol. The lowest BCUT2D eigenvalue weighted by Crippen LogP contribution is -2.24. The standard InChI is InChI=1S/C14H15N3OS/c15-14-16-10-7-4-8-11(12(10)13(18)17-14)19-9-5-2-1-3-6-9/h1-3,5-6,11H,4,7-8H2,(H3,15,16,17,18). The van der Waals surface area contributed by atoms with Gasteiger partial charge in [0.2, 0.25) is 5.95 Å². The van der Waals surface area contributed by atoms with Crippen LogP contribution in [0.15, 0.2) is 40.0 Å². The second-order valence-electron chi connectivity index (χ2n) is 4.62. The summed E-state index contributed by atoms with van der Waals surface area (Å²) >= 11 is 1.73. The first kappa shape index (κ1) is 12.3. The third-order valence-electron chi connectivity index (χ3n) is 3.28. The number of hydrogen-bond acceptors (Lipinski definition) is 4. The minimum absolute atomic E-state index is 0.0874. The molecule has 0 spiro atoms. The van der Waals surface area contributed by atoms with Gasteiger partial charge in [-0.05, 0) is 31.4 Å². The van der Waals surface area contributed by atoms with Crippen LogP contribution in [0.3, 0.4) is 0 Å². The Hall–Kier alpha value is -1.75. The summed E-state index contributed by atoms with van der Waals surface area (Å²) in [5.74, 6) is 0.217. The number of aromatic nitrogens is 2. The molecule has 1 aromatic carbocycles. The molecular formula is C14H15N3OS. The number of nitrogen functional groups attached to an aromatic ring is 1. The molecule has 0 bridgehead atoms. The monoisotopic (exact) mass is 273 g/mol. The zero-order valence-corrected chi connectivity index (χ0v) is 11.2. The SMILES string of the molecule is Nc1nc2c(c(=O)[nH]1)C(Sc1ccccc1)CCC2. The van der Waals surface area contributed by atoms with E-state index in [-0.39, 0.29) is 16.8 Å². The Morgan fingerprint density at radius 2 is 2.11 bits per heavy atom. The summed E-state index contributed by atoms with van der Waals surface area (Å²) in [6.45, 7) is 0. The Balaban J connectivity index is 1.97. The molecule has 3 rings (SSSR count). The van der Waals surface area contributed by atoms with Gasteiger partial charge in [-0.3, -0.25) is 9.78 Å². The number of fused-ring (bicyclic) bond motifs is 1. The fraction of sp³-hybridized carbons (Fsp3) is 0.286. The predicted octanol–water partition coefficient (Wildman–Crippen LogP) is 2.52. The Kier molecular flexibility index (Phi) is 3.29. The Morgan fingerprint density at radius 3 is 2.89 bits per heavy atom. The summed E-state index contributed by atoms with van der Waals surface area (Å²) in [6, 6.07) is 10.2. The van der Waals surface area contributed by atoms with Crippen molar-refractivity contribution in [3.63, 3.8) is 0 Å². The van der Waals surface area contributed by atoms with Crippen LogP contribution in [0.25, 0.3) is 0 Å².